The molecule has 25 heavy (non-hydrogen) atoms. The average molecular weight is 359 g/mol. The number of aliphatic carboxylic acids is 1. The third-order valence-electron chi connectivity index (χ3n) is 3.72. The molecule has 0 aliphatic rings. The molecule has 0 spiro atoms. The number of ether oxygens (including phenoxy) is 1. The first-order valence-electron chi connectivity index (χ1n) is 7.87. The van der Waals surface area contributed by atoms with Crippen LogP contribution in [0.2, 0.25) is 0 Å². The maximum absolute atomic E-state index is 12.3. The molecule has 2 atom stereocenters. The van der Waals surface area contributed by atoms with E-state index in [0.717, 1.165) is 10.6 Å². The Kier molecular flexibility index (Phi) is 6.89. The van der Waals surface area contributed by atoms with Crippen LogP contribution in [-0.4, -0.2) is 35.9 Å². The van der Waals surface area contributed by atoms with Gasteiger partial charge >= 0.3 is 5.97 Å². The summed E-state index contributed by atoms with van der Waals surface area (Å²) in [5.41, 5.74) is 0.672. The molecule has 2 rings (SSSR count). The SMILES string of the molecule is COc1ccc(SC(C)C(=O)NCC(C(=O)O)c2ccccc2)cc1. The van der Waals surface area contributed by atoms with E-state index in [0.29, 0.717) is 5.56 Å². The first kappa shape index (κ1) is 18.9. The van der Waals surface area contributed by atoms with Gasteiger partial charge in [0.15, 0.2) is 0 Å². The van der Waals surface area contributed by atoms with Crippen molar-refractivity contribution < 1.29 is 19.4 Å². The van der Waals surface area contributed by atoms with Crippen LogP contribution in [0.5, 0.6) is 5.75 Å². The molecule has 0 aliphatic carbocycles. The van der Waals surface area contributed by atoms with E-state index in [9.17, 15) is 14.7 Å². The zero-order valence-electron chi connectivity index (χ0n) is 14.1. The number of thioether (sulfide) groups is 1. The van der Waals surface area contributed by atoms with Crippen molar-refractivity contribution in [2.24, 2.45) is 0 Å². The van der Waals surface area contributed by atoms with Gasteiger partial charge in [-0.2, -0.15) is 0 Å². The van der Waals surface area contributed by atoms with Crippen LogP contribution in [0.15, 0.2) is 59.5 Å². The Labute approximate surface area is 151 Å². The van der Waals surface area contributed by atoms with Crippen LogP contribution < -0.4 is 10.1 Å². The lowest BCUT2D eigenvalue weighted by Crippen LogP contribution is -2.36. The molecule has 6 heteroatoms. The summed E-state index contributed by atoms with van der Waals surface area (Å²) in [5, 5.41) is 11.8. The second kappa shape index (κ2) is 9.13. The Morgan fingerprint density at radius 2 is 1.76 bits per heavy atom. The third kappa shape index (κ3) is 5.53. The Balaban J connectivity index is 1.92. The van der Waals surface area contributed by atoms with Gasteiger partial charge in [0.2, 0.25) is 5.91 Å². The fourth-order valence-corrected chi connectivity index (χ4v) is 3.18. The Bertz CT molecular complexity index is 703. The average Bonchev–Trinajstić information content (AvgIpc) is 2.63. The zero-order valence-corrected chi connectivity index (χ0v) is 15.0. The van der Waals surface area contributed by atoms with Gasteiger partial charge in [0.25, 0.3) is 0 Å². The number of amides is 1. The van der Waals surface area contributed by atoms with Crippen LogP contribution in [0, 0.1) is 0 Å². The van der Waals surface area contributed by atoms with Crippen LogP contribution >= 0.6 is 11.8 Å². The van der Waals surface area contributed by atoms with Crippen molar-refractivity contribution in [3.05, 3.63) is 60.2 Å². The maximum Gasteiger partial charge on any atom is 0.312 e. The first-order valence-corrected chi connectivity index (χ1v) is 8.75. The molecule has 0 aromatic heterocycles. The highest BCUT2D eigenvalue weighted by atomic mass is 32.2. The number of carboxylic acids is 1. The molecule has 5 nitrogen and oxygen atoms in total. The summed E-state index contributed by atoms with van der Waals surface area (Å²) in [6.45, 7) is 1.86. The van der Waals surface area contributed by atoms with E-state index in [-0.39, 0.29) is 17.7 Å². The van der Waals surface area contributed by atoms with E-state index < -0.39 is 11.9 Å². The molecular formula is C19H21NO4S. The molecule has 2 unspecified atom stereocenters. The van der Waals surface area contributed by atoms with Gasteiger partial charge in [-0.05, 0) is 36.8 Å². The molecule has 0 bridgehead atoms. The molecule has 132 valence electrons. The lowest BCUT2D eigenvalue weighted by atomic mass is 9.99. The van der Waals surface area contributed by atoms with Crippen molar-refractivity contribution in [1.29, 1.82) is 0 Å². The normalized spacial score (nSPS) is 12.9. The largest absolute Gasteiger partial charge is 0.497 e. The number of hydrogen-bond acceptors (Lipinski definition) is 4. The number of methoxy groups -OCH3 is 1. The number of benzene rings is 2. The second-order valence-corrected chi connectivity index (χ2v) is 6.90. The third-order valence-corrected chi connectivity index (χ3v) is 4.83. The summed E-state index contributed by atoms with van der Waals surface area (Å²) >= 11 is 1.41. The fourth-order valence-electron chi connectivity index (χ4n) is 2.29. The Morgan fingerprint density at radius 1 is 1.12 bits per heavy atom. The molecule has 2 aromatic rings. The first-order chi connectivity index (χ1) is 12.0. The van der Waals surface area contributed by atoms with Gasteiger partial charge in [-0.15, -0.1) is 11.8 Å². The highest BCUT2D eigenvalue weighted by Gasteiger charge is 2.22. The van der Waals surface area contributed by atoms with E-state index in [2.05, 4.69) is 5.32 Å². The molecule has 2 aromatic carbocycles. The second-order valence-electron chi connectivity index (χ2n) is 5.48. The summed E-state index contributed by atoms with van der Waals surface area (Å²) < 4.78 is 5.11. The van der Waals surface area contributed by atoms with Gasteiger partial charge in [0, 0.05) is 11.4 Å². The van der Waals surface area contributed by atoms with E-state index in [1.807, 2.05) is 30.3 Å². The van der Waals surface area contributed by atoms with Crippen molar-refractivity contribution in [3.8, 4) is 5.75 Å². The minimum atomic E-state index is -0.957. The molecule has 0 saturated carbocycles. The summed E-state index contributed by atoms with van der Waals surface area (Å²) in [6.07, 6.45) is 0. The summed E-state index contributed by atoms with van der Waals surface area (Å²) in [5.74, 6) is -1.15. The lowest BCUT2D eigenvalue weighted by Gasteiger charge is -2.16. The van der Waals surface area contributed by atoms with E-state index in [1.165, 1.54) is 11.8 Å². The van der Waals surface area contributed by atoms with Crippen molar-refractivity contribution >= 4 is 23.6 Å². The van der Waals surface area contributed by atoms with Crippen molar-refractivity contribution in [2.45, 2.75) is 23.0 Å². The fraction of sp³-hybridized carbons (Fsp3) is 0.263. The smallest absolute Gasteiger partial charge is 0.312 e. The topological polar surface area (TPSA) is 75.6 Å². The van der Waals surface area contributed by atoms with Crippen molar-refractivity contribution in [3.63, 3.8) is 0 Å². The van der Waals surface area contributed by atoms with Gasteiger partial charge in [0.1, 0.15) is 5.75 Å². The lowest BCUT2D eigenvalue weighted by molar-refractivity contribution is -0.138. The summed E-state index contributed by atoms with van der Waals surface area (Å²) in [7, 11) is 1.60. The quantitative estimate of drug-likeness (QED) is 0.708. The molecule has 0 radical (unpaired) electrons. The van der Waals surface area contributed by atoms with E-state index in [4.69, 9.17) is 4.74 Å². The van der Waals surface area contributed by atoms with Crippen LogP contribution in [0.1, 0.15) is 18.4 Å². The predicted octanol–water partition coefficient (Wildman–Crippen LogP) is 3.16. The molecule has 0 saturated heterocycles. The van der Waals surface area contributed by atoms with Crippen molar-refractivity contribution in [2.75, 3.05) is 13.7 Å². The van der Waals surface area contributed by atoms with Crippen LogP contribution in [-0.2, 0) is 9.59 Å². The minimum absolute atomic E-state index is 0.0612. The van der Waals surface area contributed by atoms with Gasteiger partial charge < -0.3 is 15.2 Å². The number of hydrogen-bond donors (Lipinski definition) is 2. The van der Waals surface area contributed by atoms with Gasteiger partial charge in [-0.25, -0.2) is 0 Å². The highest BCUT2D eigenvalue weighted by molar-refractivity contribution is 8.00. The number of carbonyl (C=O) groups excluding carboxylic acids is 1. The molecule has 0 fully saturated rings. The predicted molar refractivity (Wildman–Crippen MR) is 98.1 cm³/mol. The molecule has 0 heterocycles. The van der Waals surface area contributed by atoms with E-state index in [1.54, 1.807) is 38.3 Å². The molecule has 1 amide bonds. The van der Waals surface area contributed by atoms with Gasteiger partial charge in [-0.3, -0.25) is 9.59 Å². The maximum atomic E-state index is 12.3. The molecule has 0 aliphatic heterocycles. The van der Waals surface area contributed by atoms with Gasteiger partial charge in [-0.1, -0.05) is 30.3 Å². The van der Waals surface area contributed by atoms with Crippen LogP contribution in [0.3, 0.4) is 0 Å². The minimum Gasteiger partial charge on any atom is -0.497 e. The number of nitrogens with one attached hydrogen (secondary N) is 1. The number of carboxylic acid groups (broad SMARTS) is 1. The summed E-state index contributed by atoms with van der Waals surface area (Å²) in [6, 6.07) is 16.3. The van der Waals surface area contributed by atoms with Crippen LogP contribution in [0.25, 0.3) is 0 Å². The van der Waals surface area contributed by atoms with Gasteiger partial charge in [0.05, 0.1) is 18.3 Å². The van der Waals surface area contributed by atoms with Crippen LogP contribution in [0.4, 0.5) is 0 Å². The van der Waals surface area contributed by atoms with Crippen molar-refractivity contribution in [1.82, 2.24) is 5.32 Å². The zero-order chi connectivity index (χ0) is 18.2. The number of rotatable bonds is 8. The number of carbonyl (C=O) groups is 2. The highest BCUT2D eigenvalue weighted by Crippen LogP contribution is 2.25. The molecular weight excluding hydrogens is 338 g/mol. The standard InChI is InChI=1S/C19H21NO4S/c1-13(25-16-10-8-15(24-2)9-11-16)18(21)20-12-17(19(22)23)14-6-4-3-5-7-14/h3-11,13,17H,12H2,1-2H3,(H,20,21)(H,22,23). The Morgan fingerprint density at radius 3 is 2.32 bits per heavy atom. The Hall–Kier alpha value is -2.47. The molecule has 2 N–H and O–H groups in total. The summed E-state index contributed by atoms with van der Waals surface area (Å²) in [4.78, 5) is 24.7. The monoisotopic (exact) mass is 359 g/mol. The van der Waals surface area contributed by atoms with E-state index >= 15 is 0 Å².